The molecule has 5 heteroatoms. The first-order chi connectivity index (χ1) is 7.61. The fourth-order valence-corrected chi connectivity index (χ4v) is 2.02. The molecule has 0 spiro atoms. The van der Waals surface area contributed by atoms with E-state index in [0.29, 0.717) is 6.61 Å². The molecule has 0 fully saturated rings. The van der Waals surface area contributed by atoms with E-state index < -0.39 is 0 Å². The summed E-state index contributed by atoms with van der Waals surface area (Å²) in [7, 11) is 0. The molecule has 0 aliphatic heterocycles. The van der Waals surface area contributed by atoms with Gasteiger partial charge >= 0.3 is 5.97 Å². The quantitative estimate of drug-likeness (QED) is 0.472. The zero-order valence-electron chi connectivity index (χ0n) is 10.4. The first-order valence-corrected chi connectivity index (χ1v) is 6.88. The maximum absolute atomic E-state index is 11.6. The van der Waals surface area contributed by atoms with E-state index in [4.69, 9.17) is 9.84 Å². The number of rotatable bonds is 9. The molecule has 16 heavy (non-hydrogen) atoms. The van der Waals surface area contributed by atoms with Crippen LogP contribution >= 0.6 is 11.8 Å². The van der Waals surface area contributed by atoms with Gasteiger partial charge in [-0.3, -0.25) is 4.79 Å². The van der Waals surface area contributed by atoms with Crippen molar-refractivity contribution in [3.05, 3.63) is 0 Å². The predicted molar refractivity (Wildman–Crippen MR) is 67.7 cm³/mol. The van der Waals surface area contributed by atoms with E-state index in [1.54, 1.807) is 11.8 Å². The Labute approximate surface area is 102 Å². The van der Waals surface area contributed by atoms with Gasteiger partial charge < -0.3 is 15.2 Å². The molecule has 96 valence electrons. The molecule has 1 unspecified atom stereocenters. The van der Waals surface area contributed by atoms with Crippen LogP contribution in [0.15, 0.2) is 0 Å². The number of aliphatic hydroxyl groups excluding tert-OH is 1. The highest BCUT2D eigenvalue weighted by molar-refractivity contribution is 7.99. The summed E-state index contributed by atoms with van der Waals surface area (Å²) >= 11 is 1.65. The molecular weight excluding hydrogens is 226 g/mol. The van der Waals surface area contributed by atoms with Gasteiger partial charge in [0.05, 0.1) is 13.2 Å². The van der Waals surface area contributed by atoms with Crippen LogP contribution in [0.2, 0.25) is 0 Å². The smallest absolute Gasteiger partial charge is 0.323 e. The molecule has 0 heterocycles. The van der Waals surface area contributed by atoms with Crippen molar-refractivity contribution in [1.82, 2.24) is 5.32 Å². The van der Waals surface area contributed by atoms with Crippen molar-refractivity contribution in [2.75, 3.05) is 24.7 Å². The number of esters is 1. The summed E-state index contributed by atoms with van der Waals surface area (Å²) in [5, 5.41) is 11.8. The topological polar surface area (TPSA) is 58.6 Å². The third-order valence-electron chi connectivity index (χ3n) is 1.89. The largest absolute Gasteiger partial charge is 0.465 e. The van der Waals surface area contributed by atoms with Crippen molar-refractivity contribution in [3.8, 4) is 0 Å². The Balaban J connectivity index is 3.94. The summed E-state index contributed by atoms with van der Waals surface area (Å²) < 4.78 is 5.00. The molecule has 0 aliphatic carbocycles. The maximum atomic E-state index is 11.6. The van der Waals surface area contributed by atoms with Crippen LogP contribution in [0, 0.1) is 0 Å². The average molecular weight is 249 g/mol. The molecular formula is C11H23NO3S. The van der Waals surface area contributed by atoms with Crippen LogP contribution in [0.5, 0.6) is 0 Å². The van der Waals surface area contributed by atoms with Crippen molar-refractivity contribution in [3.63, 3.8) is 0 Å². The Morgan fingerprint density at radius 2 is 2.12 bits per heavy atom. The SMILES string of the molecule is CCOC(=O)C(CCSCCO)NC(C)C. The van der Waals surface area contributed by atoms with E-state index in [-0.39, 0.29) is 24.7 Å². The first kappa shape index (κ1) is 15.7. The predicted octanol–water partition coefficient (Wildman–Crippen LogP) is 1.03. The van der Waals surface area contributed by atoms with Crippen LogP contribution in [-0.4, -0.2) is 47.9 Å². The van der Waals surface area contributed by atoms with Crippen molar-refractivity contribution >= 4 is 17.7 Å². The lowest BCUT2D eigenvalue weighted by Crippen LogP contribution is -2.42. The van der Waals surface area contributed by atoms with Gasteiger partial charge in [0.25, 0.3) is 0 Å². The zero-order chi connectivity index (χ0) is 12.4. The molecule has 2 N–H and O–H groups in total. The fourth-order valence-electron chi connectivity index (χ4n) is 1.28. The number of ether oxygens (including phenoxy) is 1. The number of carbonyl (C=O) groups is 1. The molecule has 0 aromatic carbocycles. The summed E-state index contributed by atoms with van der Waals surface area (Å²) in [5.74, 6) is 1.39. The van der Waals surface area contributed by atoms with Gasteiger partial charge in [0.15, 0.2) is 0 Å². The second kappa shape index (κ2) is 9.93. The van der Waals surface area contributed by atoms with Crippen LogP contribution in [0.1, 0.15) is 27.2 Å². The van der Waals surface area contributed by atoms with E-state index in [2.05, 4.69) is 5.32 Å². The molecule has 0 amide bonds. The lowest BCUT2D eigenvalue weighted by Gasteiger charge is -2.19. The van der Waals surface area contributed by atoms with Crippen LogP contribution in [0.3, 0.4) is 0 Å². The van der Waals surface area contributed by atoms with Gasteiger partial charge in [-0.25, -0.2) is 0 Å². The highest BCUT2D eigenvalue weighted by Crippen LogP contribution is 2.06. The van der Waals surface area contributed by atoms with Gasteiger partial charge in [0.1, 0.15) is 6.04 Å². The monoisotopic (exact) mass is 249 g/mol. The Morgan fingerprint density at radius 3 is 2.62 bits per heavy atom. The number of hydrogen-bond donors (Lipinski definition) is 2. The lowest BCUT2D eigenvalue weighted by atomic mass is 10.2. The van der Waals surface area contributed by atoms with E-state index >= 15 is 0 Å². The summed E-state index contributed by atoms with van der Waals surface area (Å²) in [4.78, 5) is 11.6. The summed E-state index contributed by atoms with van der Waals surface area (Å²) in [6.07, 6.45) is 0.738. The minimum Gasteiger partial charge on any atom is -0.465 e. The molecule has 1 atom stereocenters. The highest BCUT2D eigenvalue weighted by atomic mass is 32.2. The van der Waals surface area contributed by atoms with Crippen molar-refractivity contribution in [2.45, 2.75) is 39.3 Å². The number of thioether (sulfide) groups is 1. The number of hydrogen-bond acceptors (Lipinski definition) is 5. The van der Waals surface area contributed by atoms with E-state index in [9.17, 15) is 4.79 Å². The van der Waals surface area contributed by atoms with Crippen LogP contribution < -0.4 is 5.32 Å². The highest BCUT2D eigenvalue weighted by Gasteiger charge is 2.19. The minimum atomic E-state index is -0.230. The molecule has 0 aromatic heterocycles. The third kappa shape index (κ3) is 7.96. The summed E-state index contributed by atoms with van der Waals surface area (Å²) in [5.41, 5.74) is 0. The maximum Gasteiger partial charge on any atom is 0.323 e. The normalized spacial score (nSPS) is 12.8. The first-order valence-electron chi connectivity index (χ1n) is 5.73. The molecule has 0 bridgehead atoms. The fraction of sp³-hybridized carbons (Fsp3) is 0.909. The molecule has 0 saturated heterocycles. The number of nitrogens with one attached hydrogen (secondary N) is 1. The van der Waals surface area contributed by atoms with Crippen LogP contribution in [0.4, 0.5) is 0 Å². The number of carbonyl (C=O) groups excluding carboxylic acids is 1. The molecule has 0 radical (unpaired) electrons. The van der Waals surface area contributed by atoms with E-state index in [1.807, 2.05) is 20.8 Å². The standard InChI is InChI=1S/C11H23NO3S/c1-4-15-11(14)10(12-9(2)3)5-7-16-8-6-13/h9-10,12-13H,4-8H2,1-3H3. The van der Waals surface area contributed by atoms with Crippen LogP contribution in [0.25, 0.3) is 0 Å². The van der Waals surface area contributed by atoms with Gasteiger partial charge in [0.2, 0.25) is 0 Å². The molecule has 0 saturated carbocycles. The number of aliphatic hydroxyl groups is 1. The molecule has 0 aliphatic rings. The molecule has 4 nitrogen and oxygen atoms in total. The van der Waals surface area contributed by atoms with Crippen molar-refractivity contribution in [1.29, 1.82) is 0 Å². The Bertz CT molecular complexity index is 188. The Kier molecular flexibility index (Phi) is 9.77. The van der Waals surface area contributed by atoms with Crippen molar-refractivity contribution in [2.24, 2.45) is 0 Å². The molecule has 0 aromatic rings. The minimum absolute atomic E-state index is 0.180. The molecule has 0 rings (SSSR count). The van der Waals surface area contributed by atoms with Gasteiger partial charge in [-0.15, -0.1) is 0 Å². The van der Waals surface area contributed by atoms with Gasteiger partial charge in [-0.05, 0) is 19.1 Å². The lowest BCUT2D eigenvalue weighted by molar-refractivity contribution is -0.145. The van der Waals surface area contributed by atoms with E-state index in [0.717, 1.165) is 17.9 Å². The Hall–Kier alpha value is -0.260. The second-order valence-corrected chi connectivity index (χ2v) is 4.98. The van der Waals surface area contributed by atoms with Gasteiger partial charge in [-0.1, -0.05) is 13.8 Å². The van der Waals surface area contributed by atoms with Crippen LogP contribution in [-0.2, 0) is 9.53 Å². The van der Waals surface area contributed by atoms with Gasteiger partial charge in [-0.2, -0.15) is 11.8 Å². The average Bonchev–Trinajstić information content (AvgIpc) is 2.22. The third-order valence-corrected chi connectivity index (χ3v) is 2.89. The van der Waals surface area contributed by atoms with Gasteiger partial charge in [0, 0.05) is 11.8 Å². The van der Waals surface area contributed by atoms with E-state index in [1.165, 1.54) is 0 Å². The Morgan fingerprint density at radius 1 is 1.44 bits per heavy atom. The zero-order valence-corrected chi connectivity index (χ0v) is 11.2. The van der Waals surface area contributed by atoms with Crippen molar-refractivity contribution < 1.29 is 14.6 Å². The second-order valence-electron chi connectivity index (χ2n) is 3.75. The summed E-state index contributed by atoms with van der Waals surface area (Å²) in [6, 6.07) is 0.0309. The summed E-state index contributed by atoms with van der Waals surface area (Å²) in [6.45, 7) is 6.43.